The Hall–Kier alpha value is -1.06. The van der Waals surface area contributed by atoms with Crippen LogP contribution in [0.5, 0.6) is 0 Å². The summed E-state index contributed by atoms with van der Waals surface area (Å²) in [5.74, 6) is -1.17. The summed E-state index contributed by atoms with van der Waals surface area (Å²) in [5.41, 5.74) is 0. The Morgan fingerprint density at radius 2 is 2.31 bits per heavy atom. The zero-order valence-electron chi connectivity index (χ0n) is 7.66. The van der Waals surface area contributed by atoms with E-state index in [1.54, 1.807) is 0 Å². The fourth-order valence-electron chi connectivity index (χ4n) is 1.53. The molecule has 1 N–H and O–H groups in total. The maximum Gasteiger partial charge on any atom is 0.309 e. The Morgan fingerprint density at radius 1 is 1.62 bits per heavy atom. The molecule has 0 amide bonds. The van der Waals surface area contributed by atoms with Gasteiger partial charge in [-0.25, -0.2) is 0 Å². The van der Waals surface area contributed by atoms with Crippen molar-refractivity contribution in [1.82, 2.24) is 0 Å². The SMILES string of the molecule is CCC1CCC(CC(=O)O)OC1=O. The molecular formula is C9H14O4. The molecule has 1 aliphatic heterocycles. The van der Waals surface area contributed by atoms with E-state index < -0.39 is 12.1 Å². The zero-order chi connectivity index (χ0) is 9.84. The van der Waals surface area contributed by atoms with E-state index in [9.17, 15) is 9.59 Å². The molecule has 0 aliphatic carbocycles. The third-order valence-corrected chi connectivity index (χ3v) is 2.35. The molecule has 1 fully saturated rings. The summed E-state index contributed by atoms with van der Waals surface area (Å²) < 4.78 is 4.98. The fourth-order valence-corrected chi connectivity index (χ4v) is 1.53. The van der Waals surface area contributed by atoms with Crippen LogP contribution in [0.15, 0.2) is 0 Å². The average molecular weight is 186 g/mol. The molecule has 0 aromatic rings. The minimum Gasteiger partial charge on any atom is -0.481 e. The Balaban J connectivity index is 2.41. The van der Waals surface area contributed by atoms with E-state index in [2.05, 4.69) is 0 Å². The molecule has 4 heteroatoms. The van der Waals surface area contributed by atoms with Crippen molar-refractivity contribution in [2.45, 2.75) is 38.7 Å². The van der Waals surface area contributed by atoms with E-state index in [0.717, 1.165) is 12.8 Å². The summed E-state index contributed by atoms with van der Waals surface area (Å²) in [7, 11) is 0. The van der Waals surface area contributed by atoms with Gasteiger partial charge in [-0.1, -0.05) is 6.92 Å². The van der Waals surface area contributed by atoms with Crippen LogP contribution in [-0.2, 0) is 14.3 Å². The molecule has 74 valence electrons. The lowest BCUT2D eigenvalue weighted by atomic mass is 9.94. The standard InChI is InChI=1S/C9H14O4/c1-2-6-3-4-7(5-8(10)11)13-9(6)12/h6-7H,2-5H2,1H3,(H,10,11). The summed E-state index contributed by atoms with van der Waals surface area (Å²) >= 11 is 0. The first kappa shape index (κ1) is 10.0. The van der Waals surface area contributed by atoms with Crippen LogP contribution in [0, 0.1) is 5.92 Å². The number of carbonyl (C=O) groups is 2. The lowest BCUT2D eigenvalue weighted by Crippen LogP contribution is -2.32. The minimum atomic E-state index is -0.909. The molecule has 2 unspecified atom stereocenters. The first-order chi connectivity index (χ1) is 6.13. The molecule has 0 aromatic carbocycles. The van der Waals surface area contributed by atoms with Gasteiger partial charge in [0.1, 0.15) is 6.10 Å². The number of hydrogen-bond acceptors (Lipinski definition) is 3. The van der Waals surface area contributed by atoms with Gasteiger partial charge in [0, 0.05) is 0 Å². The molecular weight excluding hydrogens is 172 g/mol. The quantitative estimate of drug-likeness (QED) is 0.672. The largest absolute Gasteiger partial charge is 0.481 e. The molecule has 0 aromatic heterocycles. The summed E-state index contributed by atoms with van der Waals surface area (Å²) in [6, 6.07) is 0. The number of carboxylic acids is 1. The Bertz CT molecular complexity index is 212. The second kappa shape index (κ2) is 4.25. The van der Waals surface area contributed by atoms with Crippen molar-refractivity contribution < 1.29 is 19.4 Å². The molecule has 2 atom stereocenters. The number of carbonyl (C=O) groups excluding carboxylic acids is 1. The van der Waals surface area contributed by atoms with Gasteiger partial charge < -0.3 is 9.84 Å². The smallest absolute Gasteiger partial charge is 0.309 e. The van der Waals surface area contributed by atoms with Gasteiger partial charge in [0.05, 0.1) is 12.3 Å². The highest BCUT2D eigenvalue weighted by atomic mass is 16.5. The number of hydrogen-bond donors (Lipinski definition) is 1. The molecule has 1 rings (SSSR count). The second-order valence-corrected chi connectivity index (χ2v) is 3.34. The summed E-state index contributed by atoms with van der Waals surface area (Å²) in [4.78, 5) is 21.5. The summed E-state index contributed by atoms with van der Waals surface area (Å²) in [6.45, 7) is 1.93. The van der Waals surface area contributed by atoms with Crippen LogP contribution < -0.4 is 0 Å². The van der Waals surface area contributed by atoms with E-state index in [-0.39, 0.29) is 18.3 Å². The predicted octanol–water partition coefficient (Wildman–Crippen LogP) is 1.19. The number of ether oxygens (including phenoxy) is 1. The van der Waals surface area contributed by atoms with Crippen LogP contribution in [-0.4, -0.2) is 23.1 Å². The van der Waals surface area contributed by atoms with Crippen LogP contribution in [0.1, 0.15) is 32.6 Å². The summed E-state index contributed by atoms with van der Waals surface area (Å²) in [6.07, 6.45) is 1.73. The Kier molecular flexibility index (Phi) is 3.28. The van der Waals surface area contributed by atoms with Gasteiger partial charge in [0.25, 0.3) is 0 Å². The molecule has 1 heterocycles. The molecule has 13 heavy (non-hydrogen) atoms. The molecule has 0 bridgehead atoms. The topological polar surface area (TPSA) is 63.6 Å². The molecule has 4 nitrogen and oxygen atoms in total. The van der Waals surface area contributed by atoms with Crippen molar-refractivity contribution in [3.05, 3.63) is 0 Å². The van der Waals surface area contributed by atoms with Crippen molar-refractivity contribution in [2.75, 3.05) is 0 Å². The number of cyclic esters (lactones) is 1. The van der Waals surface area contributed by atoms with E-state index in [1.807, 2.05) is 6.92 Å². The summed E-state index contributed by atoms with van der Waals surface area (Å²) in [5, 5.41) is 8.48. The van der Waals surface area contributed by atoms with Gasteiger partial charge in [0.15, 0.2) is 0 Å². The predicted molar refractivity (Wildman–Crippen MR) is 45.1 cm³/mol. The monoisotopic (exact) mass is 186 g/mol. The van der Waals surface area contributed by atoms with E-state index in [1.165, 1.54) is 0 Å². The normalized spacial score (nSPS) is 28.2. The van der Waals surface area contributed by atoms with Crippen molar-refractivity contribution in [2.24, 2.45) is 5.92 Å². The second-order valence-electron chi connectivity index (χ2n) is 3.34. The number of esters is 1. The van der Waals surface area contributed by atoms with Crippen molar-refractivity contribution >= 4 is 11.9 Å². The zero-order valence-corrected chi connectivity index (χ0v) is 7.66. The van der Waals surface area contributed by atoms with Crippen molar-refractivity contribution in [3.8, 4) is 0 Å². The van der Waals surface area contributed by atoms with Crippen LogP contribution in [0.3, 0.4) is 0 Å². The first-order valence-electron chi connectivity index (χ1n) is 4.55. The number of carboxylic acid groups (broad SMARTS) is 1. The van der Waals surface area contributed by atoms with Gasteiger partial charge in [-0.05, 0) is 19.3 Å². The van der Waals surface area contributed by atoms with Gasteiger partial charge in [-0.2, -0.15) is 0 Å². The Labute approximate surface area is 76.9 Å². The highest BCUT2D eigenvalue weighted by Crippen LogP contribution is 2.24. The third kappa shape index (κ3) is 2.72. The van der Waals surface area contributed by atoms with Crippen LogP contribution in [0.2, 0.25) is 0 Å². The minimum absolute atomic E-state index is 0.0231. The van der Waals surface area contributed by atoms with Gasteiger partial charge in [-0.3, -0.25) is 9.59 Å². The lowest BCUT2D eigenvalue weighted by Gasteiger charge is -2.26. The maximum absolute atomic E-state index is 11.2. The van der Waals surface area contributed by atoms with E-state index in [4.69, 9.17) is 9.84 Å². The number of aliphatic carboxylic acids is 1. The van der Waals surface area contributed by atoms with Crippen molar-refractivity contribution in [3.63, 3.8) is 0 Å². The van der Waals surface area contributed by atoms with Crippen molar-refractivity contribution in [1.29, 1.82) is 0 Å². The van der Waals surface area contributed by atoms with Gasteiger partial charge in [-0.15, -0.1) is 0 Å². The average Bonchev–Trinajstić information content (AvgIpc) is 2.03. The highest BCUT2D eigenvalue weighted by molar-refractivity contribution is 5.74. The highest BCUT2D eigenvalue weighted by Gasteiger charge is 2.29. The van der Waals surface area contributed by atoms with Gasteiger partial charge >= 0.3 is 11.9 Å². The molecule has 0 saturated carbocycles. The van der Waals surface area contributed by atoms with Crippen LogP contribution >= 0.6 is 0 Å². The molecule has 0 spiro atoms. The molecule has 1 saturated heterocycles. The number of rotatable bonds is 3. The van der Waals surface area contributed by atoms with E-state index in [0.29, 0.717) is 6.42 Å². The van der Waals surface area contributed by atoms with Crippen LogP contribution in [0.4, 0.5) is 0 Å². The first-order valence-corrected chi connectivity index (χ1v) is 4.55. The maximum atomic E-state index is 11.2. The van der Waals surface area contributed by atoms with Gasteiger partial charge in [0.2, 0.25) is 0 Å². The van der Waals surface area contributed by atoms with Crippen LogP contribution in [0.25, 0.3) is 0 Å². The fraction of sp³-hybridized carbons (Fsp3) is 0.778. The molecule has 1 aliphatic rings. The van der Waals surface area contributed by atoms with E-state index >= 15 is 0 Å². The third-order valence-electron chi connectivity index (χ3n) is 2.35. The Morgan fingerprint density at radius 3 is 2.77 bits per heavy atom. The lowest BCUT2D eigenvalue weighted by molar-refractivity contribution is -0.163. The molecule has 0 radical (unpaired) electrons.